The Morgan fingerprint density at radius 2 is 1.96 bits per heavy atom. The number of hydrogen-bond acceptors (Lipinski definition) is 4. The molecule has 1 spiro atoms. The second-order valence-corrected chi connectivity index (χ2v) is 8.47. The topological polar surface area (TPSA) is 107 Å². The molecule has 0 aromatic heterocycles. The molecule has 26 heavy (non-hydrogen) atoms. The first-order chi connectivity index (χ1) is 12.0. The summed E-state index contributed by atoms with van der Waals surface area (Å²) in [6.45, 7) is 7.45. The lowest BCUT2D eigenvalue weighted by Gasteiger charge is -2.43. The van der Waals surface area contributed by atoms with Crippen molar-refractivity contribution in [2.45, 2.75) is 58.9 Å². The van der Waals surface area contributed by atoms with Gasteiger partial charge in [0, 0.05) is 6.54 Å². The summed E-state index contributed by atoms with van der Waals surface area (Å²) < 4.78 is 0. The highest BCUT2D eigenvalue weighted by molar-refractivity contribution is 6.09. The van der Waals surface area contributed by atoms with Gasteiger partial charge in [-0.15, -0.1) is 0 Å². The van der Waals surface area contributed by atoms with Crippen LogP contribution in [0.5, 0.6) is 0 Å². The van der Waals surface area contributed by atoms with Crippen molar-refractivity contribution in [2.24, 2.45) is 11.3 Å². The van der Waals surface area contributed by atoms with Crippen molar-refractivity contribution in [3.63, 3.8) is 0 Å². The van der Waals surface area contributed by atoms with Crippen molar-refractivity contribution in [1.29, 1.82) is 0 Å². The van der Waals surface area contributed by atoms with Gasteiger partial charge < -0.3 is 15.3 Å². The molecule has 8 heteroatoms. The number of imide groups is 1. The van der Waals surface area contributed by atoms with Crippen molar-refractivity contribution in [3.8, 4) is 0 Å². The highest BCUT2D eigenvalue weighted by Crippen LogP contribution is 2.46. The molecule has 2 rings (SSSR count). The van der Waals surface area contributed by atoms with Gasteiger partial charge in [-0.3, -0.25) is 19.3 Å². The minimum absolute atomic E-state index is 0.0851. The average molecular weight is 367 g/mol. The Balaban J connectivity index is 2.16. The van der Waals surface area contributed by atoms with Crippen LogP contribution in [0, 0.1) is 11.3 Å². The summed E-state index contributed by atoms with van der Waals surface area (Å²) in [6, 6.07) is -0.569. The summed E-state index contributed by atoms with van der Waals surface area (Å²) in [6.07, 6.45) is 2.65. The molecule has 0 aromatic carbocycles. The van der Waals surface area contributed by atoms with E-state index < -0.39 is 36.5 Å². The van der Waals surface area contributed by atoms with Gasteiger partial charge >= 0.3 is 12.0 Å². The van der Waals surface area contributed by atoms with E-state index in [1.165, 1.54) is 4.90 Å². The lowest BCUT2D eigenvalue weighted by molar-refractivity contribution is -0.146. The van der Waals surface area contributed by atoms with E-state index in [2.05, 4.69) is 26.1 Å². The normalized spacial score (nSPS) is 27.5. The van der Waals surface area contributed by atoms with E-state index in [0.717, 1.165) is 11.3 Å². The number of urea groups is 1. The van der Waals surface area contributed by atoms with Gasteiger partial charge in [-0.1, -0.05) is 27.7 Å². The zero-order valence-electron chi connectivity index (χ0n) is 16.0. The molecular weight excluding hydrogens is 338 g/mol. The minimum Gasteiger partial charge on any atom is -0.480 e. The first kappa shape index (κ1) is 20.2. The standard InChI is InChI=1S/C18H29N3O5/c1-5-6-20(10-14(23)24)13(22)9-21-15(25)18(19-16(21)26)8-12(2)7-17(3,4)11-18/h12H,5-11H2,1-4H3,(H,19,26)(H,23,24). The van der Waals surface area contributed by atoms with Crippen LogP contribution in [0.25, 0.3) is 0 Å². The van der Waals surface area contributed by atoms with Gasteiger partial charge in [-0.05, 0) is 37.0 Å². The SMILES string of the molecule is CCCN(CC(=O)O)C(=O)CN1C(=O)NC2(CC(C)CC(C)(C)C2)C1=O. The lowest BCUT2D eigenvalue weighted by Crippen LogP contribution is -2.54. The Hall–Kier alpha value is -2.12. The smallest absolute Gasteiger partial charge is 0.325 e. The number of carbonyl (C=O) groups excluding carboxylic acids is 3. The molecule has 1 saturated heterocycles. The molecule has 2 unspecified atom stereocenters. The van der Waals surface area contributed by atoms with E-state index in [4.69, 9.17) is 5.11 Å². The third-order valence-electron chi connectivity index (χ3n) is 5.09. The summed E-state index contributed by atoms with van der Waals surface area (Å²) in [5, 5.41) is 11.8. The molecule has 0 radical (unpaired) electrons. The van der Waals surface area contributed by atoms with Crippen LogP contribution in [-0.4, -0.2) is 63.9 Å². The minimum atomic E-state index is -1.12. The summed E-state index contributed by atoms with van der Waals surface area (Å²) in [5.41, 5.74) is -1.04. The fourth-order valence-corrected chi connectivity index (χ4v) is 4.61. The van der Waals surface area contributed by atoms with Crippen LogP contribution in [0.15, 0.2) is 0 Å². The van der Waals surface area contributed by atoms with Crippen LogP contribution in [0.2, 0.25) is 0 Å². The molecule has 1 aliphatic carbocycles. The van der Waals surface area contributed by atoms with E-state index in [1.807, 2.05) is 6.92 Å². The van der Waals surface area contributed by atoms with Crippen molar-refractivity contribution in [3.05, 3.63) is 0 Å². The Bertz CT molecular complexity index is 618. The maximum atomic E-state index is 13.0. The molecular formula is C18H29N3O5. The van der Waals surface area contributed by atoms with E-state index >= 15 is 0 Å². The van der Waals surface area contributed by atoms with Gasteiger partial charge in [0.25, 0.3) is 5.91 Å². The molecule has 2 N–H and O–H groups in total. The van der Waals surface area contributed by atoms with Crippen LogP contribution in [0.3, 0.4) is 0 Å². The van der Waals surface area contributed by atoms with Crippen LogP contribution < -0.4 is 5.32 Å². The van der Waals surface area contributed by atoms with Crippen molar-refractivity contribution >= 4 is 23.8 Å². The Morgan fingerprint density at radius 3 is 2.50 bits per heavy atom. The largest absolute Gasteiger partial charge is 0.480 e. The van der Waals surface area contributed by atoms with Crippen LogP contribution >= 0.6 is 0 Å². The highest BCUT2D eigenvalue weighted by atomic mass is 16.4. The van der Waals surface area contributed by atoms with E-state index in [1.54, 1.807) is 0 Å². The second-order valence-electron chi connectivity index (χ2n) is 8.47. The molecule has 4 amide bonds. The summed E-state index contributed by atoms with van der Waals surface area (Å²) in [7, 11) is 0. The molecule has 146 valence electrons. The fraction of sp³-hybridized carbons (Fsp3) is 0.778. The van der Waals surface area contributed by atoms with Gasteiger partial charge in [0.1, 0.15) is 18.6 Å². The first-order valence-electron chi connectivity index (χ1n) is 9.13. The Morgan fingerprint density at radius 1 is 1.31 bits per heavy atom. The van der Waals surface area contributed by atoms with Gasteiger partial charge in [-0.25, -0.2) is 4.79 Å². The molecule has 2 fully saturated rings. The Kier molecular flexibility index (Phi) is 5.63. The first-order valence-corrected chi connectivity index (χ1v) is 9.13. The molecule has 2 atom stereocenters. The number of carboxylic acids is 1. The van der Waals surface area contributed by atoms with Gasteiger partial charge in [0.05, 0.1) is 0 Å². The predicted octanol–water partition coefficient (Wildman–Crippen LogP) is 1.45. The zero-order chi connectivity index (χ0) is 19.7. The van der Waals surface area contributed by atoms with E-state index in [9.17, 15) is 19.2 Å². The number of amides is 4. The Labute approximate surface area is 153 Å². The molecule has 0 aromatic rings. The average Bonchev–Trinajstić information content (AvgIpc) is 2.67. The van der Waals surface area contributed by atoms with Gasteiger partial charge in [-0.2, -0.15) is 0 Å². The third kappa shape index (κ3) is 4.16. The molecule has 2 aliphatic rings. The second kappa shape index (κ2) is 7.25. The van der Waals surface area contributed by atoms with Crippen LogP contribution in [0.4, 0.5) is 4.79 Å². The van der Waals surface area contributed by atoms with Gasteiger partial charge in [0.2, 0.25) is 5.91 Å². The zero-order valence-corrected chi connectivity index (χ0v) is 16.0. The molecule has 8 nitrogen and oxygen atoms in total. The maximum absolute atomic E-state index is 13.0. The summed E-state index contributed by atoms with van der Waals surface area (Å²) in [4.78, 5) is 51.0. The maximum Gasteiger partial charge on any atom is 0.325 e. The number of carboxylic acid groups (broad SMARTS) is 1. The number of nitrogens with zero attached hydrogens (tertiary/aromatic N) is 2. The predicted molar refractivity (Wildman–Crippen MR) is 94.3 cm³/mol. The number of aliphatic carboxylic acids is 1. The molecule has 1 aliphatic heterocycles. The van der Waals surface area contributed by atoms with Crippen molar-refractivity contribution < 1.29 is 24.3 Å². The van der Waals surface area contributed by atoms with Crippen LogP contribution in [-0.2, 0) is 14.4 Å². The van der Waals surface area contributed by atoms with Crippen LogP contribution in [0.1, 0.15) is 53.4 Å². The quantitative estimate of drug-likeness (QED) is 0.691. The number of hydrogen-bond donors (Lipinski definition) is 2. The van der Waals surface area contributed by atoms with E-state index in [-0.39, 0.29) is 23.8 Å². The monoisotopic (exact) mass is 367 g/mol. The number of rotatable bonds is 6. The summed E-state index contributed by atoms with van der Waals surface area (Å²) >= 11 is 0. The van der Waals surface area contributed by atoms with E-state index in [0.29, 0.717) is 19.3 Å². The molecule has 1 saturated carbocycles. The van der Waals surface area contributed by atoms with Gasteiger partial charge in [0.15, 0.2) is 0 Å². The number of carbonyl (C=O) groups is 4. The molecule has 1 heterocycles. The summed E-state index contributed by atoms with van der Waals surface area (Å²) in [5.74, 6) is -1.74. The third-order valence-corrected chi connectivity index (χ3v) is 5.09. The fourth-order valence-electron chi connectivity index (χ4n) is 4.61. The van der Waals surface area contributed by atoms with Crippen molar-refractivity contribution in [1.82, 2.24) is 15.1 Å². The molecule has 0 bridgehead atoms. The highest BCUT2D eigenvalue weighted by Gasteiger charge is 2.56. The lowest BCUT2D eigenvalue weighted by atomic mass is 9.64. The number of nitrogens with one attached hydrogen (secondary N) is 1. The van der Waals surface area contributed by atoms with Crippen molar-refractivity contribution in [2.75, 3.05) is 19.6 Å².